The summed E-state index contributed by atoms with van der Waals surface area (Å²) in [6.45, 7) is 3.97. The van der Waals surface area contributed by atoms with E-state index >= 15 is 0 Å². The van der Waals surface area contributed by atoms with Crippen LogP contribution >= 0.6 is 11.6 Å². The standard InChI is InChI=1S/C15H14ClN5/c1-9-3-4-11(16)8-14(9)21-15(18-19-20-21)13-6-5-12(17)7-10(13)2/h3-8H,17H2,1-2H3. The number of anilines is 1. The van der Waals surface area contributed by atoms with Gasteiger partial charge in [-0.15, -0.1) is 5.10 Å². The summed E-state index contributed by atoms with van der Waals surface area (Å²) in [7, 11) is 0. The third-order valence-corrected chi connectivity index (χ3v) is 3.60. The molecule has 0 bridgehead atoms. The van der Waals surface area contributed by atoms with Crippen LogP contribution in [0.2, 0.25) is 5.02 Å². The molecule has 1 aromatic heterocycles. The van der Waals surface area contributed by atoms with Gasteiger partial charge in [-0.25, -0.2) is 0 Å². The molecule has 0 spiro atoms. The lowest BCUT2D eigenvalue weighted by molar-refractivity contribution is 0.787. The van der Waals surface area contributed by atoms with Gasteiger partial charge >= 0.3 is 0 Å². The van der Waals surface area contributed by atoms with Gasteiger partial charge in [0.1, 0.15) is 0 Å². The van der Waals surface area contributed by atoms with E-state index in [1.54, 1.807) is 4.68 Å². The van der Waals surface area contributed by atoms with Crippen LogP contribution in [0.1, 0.15) is 11.1 Å². The van der Waals surface area contributed by atoms with Gasteiger partial charge in [0.25, 0.3) is 0 Å². The maximum atomic E-state index is 6.09. The van der Waals surface area contributed by atoms with E-state index in [0.717, 1.165) is 22.4 Å². The molecule has 0 radical (unpaired) electrons. The Kier molecular flexibility index (Phi) is 3.35. The summed E-state index contributed by atoms with van der Waals surface area (Å²) >= 11 is 6.09. The number of hydrogen-bond acceptors (Lipinski definition) is 4. The van der Waals surface area contributed by atoms with Gasteiger partial charge in [0.15, 0.2) is 5.82 Å². The summed E-state index contributed by atoms with van der Waals surface area (Å²) in [4.78, 5) is 0. The second-order valence-corrected chi connectivity index (χ2v) is 5.36. The van der Waals surface area contributed by atoms with Crippen LogP contribution in [0, 0.1) is 13.8 Å². The largest absolute Gasteiger partial charge is 0.399 e. The Bertz CT molecular complexity index is 810. The summed E-state index contributed by atoms with van der Waals surface area (Å²) in [5.74, 6) is 0.665. The van der Waals surface area contributed by atoms with Crippen molar-refractivity contribution in [1.82, 2.24) is 20.2 Å². The fourth-order valence-corrected chi connectivity index (χ4v) is 2.43. The first-order chi connectivity index (χ1) is 10.1. The van der Waals surface area contributed by atoms with Crippen molar-refractivity contribution in [2.24, 2.45) is 0 Å². The van der Waals surface area contributed by atoms with E-state index in [-0.39, 0.29) is 0 Å². The molecule has 0 aliphatic rings. The normalized spacial score (nSPS) is 10.8. The number of aromatic nitrogens is 4. The number of nitrogens with zero attached hydrogens (tertiary/aromatic N) is 4. The Balaban J connectivity index is 2.19. The highest BCUT2D eigenvalue weighted by Crippen LogP contribution is 2.27. The number of hydrogen-bond donors (Lipinski definition) is 1. The van der Waals surface area contributed by atoms with Crippen molar-refractivity contribution < 1.29 is 0 Å². The smallest absolute Gasteiger partial charge is 0.187 e. The summed E-state index contributed by atoms with van der Waals surface area (Å²) in [5.41, 5.74) is 10.4. The highest BCUT2D eigenvalue weighted by atomic mass is 35.5. The zero-order chi connectivity index (χ0) is 15.0. The zero-order valence-corrected chi connectivity index (χ0v) is 12.5. The Morgan fingerprint density at radius 3 is 2.62 bits per heavy atom. The lowest BCUT2D eigenvalue weighted by atomic mass is 10.1. The van der Waals surface area contributed by atoms with Crippen LogP contribution in [0.3, 0.4) is 0 Å². The van der Waals surface area contributed by atoms with Crippen molar-refractivity contribution in [1.29, 1.82) is 0 Å². The van der Waals surface area contributed by atoms with E-state index in [4.69, 9.17) is 17.3 Å². The highest BCUT2D eigenvalue weighted by molar-refractivity contribution is 6.30. The van der Waals surface area contributed by atoms with Crippen LogP contribution in [0.4, 0.5) is 5.69 Å². The Hall–Kier alpha value is -2.40. The summed E-state index contributed by atoms with van der Waals surface area (Å²) in [6.07, 6.45) is 0. The first-order valence-electron chi connectivity index (χ1n) is 6.47. The molecule has 3 rings (SSSR count). The Morgan fingerprint density at radius 1 is 1.05 bits per heavy atom. The first kappa shape index (κ1) is 13.6. The van der Waals surface area contributed by atoms with Crippen LogP contribution < -0.4 is 5.73 Å². The summed E-state index contributed by atoms with van der Waals surface area (Å²) < 4.78 is 1.69. The van der Waals surface area contributed by atoms with E-state index in [1.807, 2.05) is 50.2 Å². The van der Waals surface area contributed by atoms with Crippen molar-refractivity contribution in [3.8, 4) is 17.1 Å². The monoisotopic (exact) mass is 299 g/mol. The molecular weight excluding hydrogens is 286 g/mol. The first-order valence-corrected chi connectivity index (χ1v) is 6.85. The maximum absolute atomic E-state index is 6.09. The fraction of sp³-hybridized carbons (Fsp3) is 0.133. The van der Waals surface area contributed by atoms with Crippen LogP contribution in [0.15, 0.2) is 36.4 Å². The molecule has 1 heterocycles. The molecule has 21 heavy (non-hydrogen) atoms. The van der Waals surface area contributed by atoms with Gasteiger partial charge in [-0.1, -0.05) is 17.7 Å². The minimum Gasteiger partial charge on any atom is -0.399 e. The van der Waals surface area contributed by atoms with Crippen molar-refractivity contribution in [3.63, 3.8) is 0 Å². The predicted octanol–water partition coefficient (Wildman–Crippen LogP) is 3.18. The van der Waals surface area contributed by atoms with Gasteiger partial charge in [0.2, 0.25) is 0 Å². The fourth-order valence-electron chi connectivity index (χ4n) is 2.27. The van der Waals surface area contributed by atoms with Gasteiger partial charge in [0.05, 0.1) is 5.69 Å². The molecule has 0 aliphatic carbocycles. The van der Waals surface area contributed by atoms with Crippen LogP contribution in [-0.4, -0.2) is 20.2 Å². The quantitative estimate of drug-likeness (QED) is 0.738. The van der Waals surface area contributed by atoms with E-state index in [0.29, 0.717) is 16.5 Å². The van der Waals surface area contributed by atoms with E-state index in [2.05, 4.69) is 15.5 Å². The number of aryl methyl sites for hydroxylation is 2. The van der Waals surface area contributed by atoms with Gasteiger partial charge in [0, 0.05) is 16.3 Å². The topological polar surface area (TPSA) is 69.6 Å². The number of halogens is 1. The molecule has 0 saturated heterocycles. The number of benzene rings is 2. The second-order valence-electron chi connectivity index (χ2n) is 4.92. The van der Waals surface area contributed by atoms with Crippen LogP contribution in [0.5, 0.6) is 0 Å². The molecule has 2 N–H and O–H groups in total. The number of rotatable bonds is 2. The van der Waals surface area contributed by atoms with Crippen molar-refractivity contribution in [2.75, 3.05) is 5.73 Å². The maximum Gasteiger partial charge on any atom is 0.187 e. The molecule has 0 atom stereocenters. The van der Waals surface area contributed by atoms with Crippen LogP contribution in [0.25, 0.3) is 17.1 Å². The molecule has 0 unspecified atom stereocenters. The molecule has 0 aliphatic heterocycles. The van der Waals surface area contributed by atoms with Crippen molar-refractivity contribution >= 4 is 17.3 Å². The number of nitrogens with two attached hydrogens (primary N) is 1. The van der Waals surface area contributed by atoms with Gasteiger partial charge in [-0.05, 0) is 65.7 Å². The molecule has 5 nitrogen and oxygen atoms in total. The molecule has 3 aromatic rings. The molecule has 0 amide bonds. The molecule has 0 fully saturated rings. The summed E-state index contributed by atoms with van der Waals surface area (Å²) in [6, 6.07) is 11.3. The molecule has 0 saturated carbocycles. The average molecular weight is 300 g/mol. The molecule has 106 valence electrons. The number of tetrazole rings is 1. The van der Waals surface area contributed by atoms with E-state index < -0.39 is 0 Å². The minimum atomic E-state index is 0.645. The third-order valence-electron chi connectivity index (χ3n) is 3.36. The molecular formula is C15H14ClN5. The average Bonchev–Trinajstić information content (AvgIpc) is 2.90. The Labute approximate surface area is 127 Å². The molecule has 6 heteroatoms. The SMILES string of the molecule is Cc1cc(N)ccc1-c1nnnn1-c1cc(Cl)ccc1C. The van der Waals surface area contributed by atoms with Gasteiger partial charge in [-0.2, -0.15) is 4.68 Å². The predicted molar refractivity (Wildman–Crippen MR) is 83.5 cm³/mol. The highest BCUT2D eigenvalue weighted by Gasteiger charge is 2.14. The Morgan fingerprint density at radius 2 is 1.86 bits per heavy atom. The minimum absolute atomic E-state index is 0.645. The van der Waals surface area contributed by atoms with E-state index in [1.165, 1.54) is 0 Å². The lowest BCUT2D eigenvalue weighted by Crippen LogP contribution is -2.03. The molecule has 2 aromatic carbocycles. The van der Waals surface area contributed by atoms with Crippen molar-refractivity contribution in [3.05, 3.63) is 52.5 Å². The third kappa shape index (κ3) is 2.48. The second kappa shape index (κ2) is 5.18. The van der Waals surface area contributed by atoms with E-state index in [9.17, 15) is 0 Å². The lowest BCUT2D eigenvalue weighted by Gasteiger charge is -2.10. The van der Waals surface area contributed by atoms with Gasteiger partial charge < -0.3 is 5.73 Å². The van der Waals surface area contributed by atoms with Crippen molar-refractivity contribution in [2.45, 2.75) is 13.8 Å². The summed E-state index contributed by atoms with van der Waals surface area (Å²) in [5, 5.41) is 12.7. The van der Waals surface area contributed by atoms with Gasteiger partial charge in [-0.3, -0.25) is 0 Å². The zero-order valence-electron chi connectivity index (χ0n) is 11.7. The number of nitrogen functional groups attached to an aromatic ring is 1. The van der Waals surface area contributed by atoms with Crippen LogP contribution in [-0.2, 0) is 0 Å².